The molecular formula is C32H39Br2ClN2O6. The van der Waals surface area contributed by atoms with Gasteiger partial charge in [0.25, 0.3) is 5.91 Å². The summed E-state index contributed by atoms with van der Waals surface area (Å²) in [4.78, 5) is 23.5. The minimum Gasteiger partial charge on any atom is -0.479 e. The van der Waals surface area contributed by atoms with Crippen LogP contribution in [0, 0.1) is 5.41 Å². The lowest BCUT2D eigenvalue weighted by molar-refractivity contribution is -0.132. The van der Waals surface area contributed by atoms with Crippen LogP contribution in [-0.4, -0.2) is 42.8 Å². The summed E-state index contributed by atoms with van der Waals surface area (Å²) < 4.78 is 17.6. The predicted molar refractivity (Wildman–Crippen MR) is 173 cm³/mol. The van der Waals surface area contributed by atoms with Crippen LogP contribution in [0.4, 0.5) is 4.79 Å². The first-order chi connectivity index (χ1) is 19.6. The van der Waals surface area contributed by atoms with Gasteiger partial charge in [0.1, 0.15) is 0 Å². The van der Waals surface area contributed by atoms with Gasteiger partial charge in [0.2, 0.25) is 11.5 Å². The van der Waals surface area contributed by atoms with Gasteiger partial charge in [-0.15, -0.1) is 12.4 Å². The van der Waals surface area contributed by atoms with Crippen molar-refractivity contribution in [1.82, 2.24) is 5.32 Å². The summed E-state index contributed by atoms with van der Waals surface area (Å²) in [5.74, 6) is -0.336. The lowest BCUT2D eigenvalue weighted by Crippen LogP contribution is -2.35. The first-order valence-electron chi connectivity index (χ1n) is 14.2. The monoisotopic (exact) mass is 740 g/mol. The Morgan fingerprint density at radius 1 is 0.930 bits per heavy atom. The van der Waals surface area contributed by atoms with Crippen molar-refractivity contribution in [2.24, 2.45) is 0 Å². The molecule has 234 valence electrons. The summed E-state index contributed by atoms with van der Waals surface area (Å²) in [6.45, 7) is 4.25. The van der Waals surface area contributed by atoms with E-state index in [2.05, 4.69) is 49.3 Å². The summed E-state index contributed by atoms with van der Waals surface area (Å²) in [6.07, 6.45) is 7.41. The molecule has 2 aromatic rings. The van der Waals surface area contributed by atoms with E-state index >= 15 is 0 Å². The zero-order valence-electron chi connectivity index (χ0n) is 23.4. The van der Waals surface area contributed by atoms with Crippen LogP contribution in [0.15, 0.2) is 45.3 Å². The number of carbonyl (C=O) groups is 2. The van der Waals surface area contributed by atoms with Crippen LogP contribution in [0.5, 0.6) is 0 Å². The van der Waals surface area contributed by atoms with E-state index in [-0.39, 0.29) is 42.5 Å². The Hall–Kier alpha value is -1.98. The summed E-state index contributed by atoms with van der Waals surface area (Å²) >= 11 is 6.94. The van der Waals surface area contributed by atoms with Gasteiger partial charge in [-0.3, -0.25) is 15.5 Å². The molecule has 2 aliphatic heterocycles. The van der Waals surface area contributed by atoms with Crippen LogP contribution in [0.1, 0.15) is 88.0 Å². The second-order valence-corrected chi connectivity index (χ2v) is 13.7. The van der Waals surface area contributed by atoms with Crippen molar-refractivity contribution in [1.29, 1.82) is 5.41 Å². The maximum atomic E-state index is 12.1. The largest absolute Gasteiger partial charge is 0.479 e. The maximum absolute atomic E-state index is 12.1. The van der Waals surface area contributed by atoms with Crippen molar-refractivity contribution in [2.75, 3.05) is 19.8 Å². The Morgan fingerprint density at radius 2 is 1.47 bits per heavy atom. The first-order valence-corrected chi connectivity index (χ1v) is 15.8. The molecule has 2 saturated carbocycles. The molecule has 3 spiro atoms. The van der Waals surface area contributed by atoms with E-state index in [0.717, 1.165) is 64.5 Å². The average Bonchev–Trinajstić information content (AvgIpc) is 3.69. The van der Waals surface area contributed by atoms with Gasteiger partial charge in [0.15, 0.2) is 5.60 Å². The van der Waals surface area contributed by atoms with E-state index in [1.54, 1.807) is 0 Å². The Balaban J connectivity index is 0.000000163. The van der Waals surface area contributed by atoms with Gasteiger partial charge in [-0.1, -0.05) is 51.4 Å². The number of hydrogen-bond acceptors (Lipinski definition) is 7. The number of benzene rings is 2. The Bertz CT molecular complexity index is 1420. The Kier molecular flexibility index (Phi) is 9.80. The third-order valence-electron chi connectivity index (χ3n) is 9.22. The van der Waals surface area contributed by atoms with Crippen molar-refractivity contribution in [3.8, 4) is 0 Å². The number of amides is 2. The minimum atomic E-state index is -1.23. The molecule has 11 heteroatoms. The quantitative estimate of drug-likeness (QED) is 0.220. The number of fused-ring (bicyclic) bond motifs is 5. The zero-order valence-corrected chi connectivity index (χ0v) is 27.4. The molecule has 0 bridgehead atoms. The molecule has 2 saturated heterocycles. The highest BCUT2D eigenvalue weighted by Crippen LogP contribution is 2.64. The third-order valence-corrected chi connectivity index (χ3v) is 10.2. The molecule has 2 heterocycles. The highest BCUT2D eigenvalue weighted by atomic mass is 79.9. The number of ether oxygens (including phenoxy) is 3. The van der Waals surface area contributed by atoms with Crippen molar-refractivity contribution in [3.63, 3.8) is 0 Å². The second kappa shape index (κ2) is 12.4. The number of nitrogens with one attached hydrogen (secondary N) is 2. The summed E-state index contributed by atoms with van der Waals surface area (Å²) in [5, 5.41) is 21.1. The summed E-state index contributed by atoms with van der Waals surface area (Å²) in [5.41, 5.74) is 1.85. The van der Waals surface area contributed by atoms with Crippen molar-refractivity contribution in [2.45, 2.75) is 87.7 Å². The fraction of sp³-hybridized carbons (Fsp3) is 0.531. The van der Waals surface area contributed by atoms with E-state index in [4.69, 9.17) is 19.6 Å². The van der Waals surface area contributed by atoms with Gasteiger partial charge in [0, 0.05) is 39.6 Å². The van der Waals surface area contributed by atoms with E-state index in [0.29, 0.717) is 19.4 Å². The zero-order chi connectivity index (χ0) is 29.0. The van der Waals surface area contributed by atoms with E-state index in [9.17, 15) is 14.7 Å². The average molecular weight is 743 g/mol. The van der Waals surface area contributed by atoms with Gasteiger partial charge in [-0.25, -0.2) is 4.79 Å². The normalized spacial score (nSPS) is 26.9. The lowest BCUT2D eigenvalue weighted by Gasteiger charge is -2.24. The van der Waals surface area contributed by atoms with Crippen molar-refractivity contribution in [3.05, 3.63) is 67.6 Å². The number of hydrogen-bond donors (Lipinski definition) is 3. The number of halogens is 3. The maximum Gasteiger partial charge on any atom is 0.415 e. The molecule has 8 rings (SSSR count). The predicted octanol–water partition coefficient (Wildman–Crippen LogP) is 7.29. The fourth-order valence-corrected chi connectivity index (χ4v) is 7.58. The highest BCUT2D eigenvalue weighted by Gasteiger charge is 2.66. The Morgan fingerprint density at radius 3 is 1.93 bits per heavy atom. The molecule has 0 radical (unpaired) electrons. The number of rotatable bonds is 2. The summed E-state index contributed by atoms with van der Waals surface area (Å²) in [6, 6.07) is 11.8. The van der Waals surface area contributed by atoms with Gasteiger partial charge >= 0.3 is 6.09 Å². The van der Waals surface area contributed by atoms with Gasteiger partial charge in [0.05, 0.1) is 6.61 Å². The molecule has 43 heavy (non-hydrogen) atoms. The molecule has 8 nitrogen and oxygen atoms in total. The number of alkyl carbamates (subject to hydrolysis) is 1. The minimum absolute atomic E-state index is 0. The van der Waals surface area contributed by atoms with E-state index in [1.165, 1.54) is 18.4 Å². The van der Waals surface area contributed by atoms with Crippen LogP contribution < -0.4 is 5.32 Å². The van der Waals surface area contributed by atoms with Gasteiger partial charge in [-0.2, -0.15) is 0 Å². The molecule has 2 atom stereocenters. The number of imide groups is 1. The first kappa shape index (κ1) is 33.9. The SMILES string of the molecule is C.C1CCOC1.CCOC(=N)C1(O)CC2(CC2)c2cc(Br)ccc21.Cl.O=C1NC(=O)C2(CC3(CC3)c3cc(Br)ccc32)O1. The topological polar surface area (TPSA) is 118 Å². The fourth-order valence-electron chi connectivity index (χ4n) is 6.86. The van der Waals surface area contributed by atoms with Crippen LogP contribution in [-0.2, 0) is 41.0 Å². The van der Waals surface area contributed by atoms with Gasteiger partial charge in [-0.05, 0) is 98.2 Å². The molecule has 4 aliphatic carbocycles. The molecule has 2 unspecified atom stereocenters. The summed E-state index contributed by atoms with van der Waals surface area (Å²) in [7, 11) is 0. The van der Waals surface area contributed by atoms with Crippen LogP contribution >= 0.6 is 44.3 Å². The lowest BCUT2D eigenvalue weighted by atomic mass is 9.94. The molecule has 2 amide bonds. The second-order valence-electron chi connectivity index (χ2n) is 11.9. The molecule has 2 aromatic carbocycles. The van der Waals surface area contributed by atoms with Crippen molar-refractivity contribution < 1.29 is 28.9 Å². The van der Waals surface area contributed by atoms with Crippen LogP contribution in [0.2, 0.25) is 0 Å². The van der Waals surface area contributed by atoms with Crippen molar-refractivity contribution >= 4 is 62.2 Å². The van der Waals surface area contributed by atoms with E-state index < -0.39 is 17.3 Å². The Labute approximate surface area is 275 Å². The molecule has 4 fully saturated rings. The smallest absolute Gasteiger partial charge is 0.415 e. The highest BCUT2D eigenvalue weighted by molar-refractivity contribution is 9.10. The van der Waals surface area contributed by atoms with Crippen LogP contribution in [0.3, 0.4) is 0 Å². The standard InChI is InChI=1S/C14H16BrNO2.C13H10BrNO3.C4H8O.CH4.ClH/c1-2-18-12(16)14(17)8-13(5-6-13)11-7-9(15)3-4-10(11)14;14-7-1-2-8-9(5-7)12(3-4-12)6-13(8)10(16)15-11(17)18-13;1-2-4-5-3-1;;/h3-4,7,16-17H,2,5-6,8H2,1H3;1-2,5H,3-4,6H2,(H,15,16,17);1-4H2;1H4;1H. The molecule has 0 aromatic heterocycles. The molecule has 3 N–H and O–H groups in total. The third kappa shape index (κ3) is 5.90. The molecule has 6 aliphatic rings. The number of aliphatic hydroxyl groups is 1. The van der Waals surface area contributed by atoms with Gasteiger partial charge < -0.3 is 19.3 Å². The molecular weight excluding hydrogens is 704 g/mol. The van der Waals surface area contributed by atoms with Crippen LogP contribution in [0.25, 0.3) is 0 Å². The van der Waals surface area contributed by atoms with E-state index in [1.807, 2.05) is 31.2 Å². The number of carbonyl (C=O) groups excluding carboxylic acids is 2.